The lowest BCUT2D eigenvalue weighted by molar-refractivity contribution is -0.157. The number of esters is 4. The molecule has 0 heterocycles. The molecule has 0 saturated heterocycles. The fourth-order valence-electron chi connectivity index (χ4n) is 7.04. The summed E-state index contributed by atoms with van der Waals surface area (Å²) in [6.07, 6.45) is 18.9. The van der Waals surface area contributed by atoms with Gasteiger partial charge in [0.1, 0.15) is 22.7 Å². The third-order valence-electron chi connectivity index (χ3n) is 10.6. The van der Waals surface area contributed by atoms with Gasteiger partial charge in [-0.25, -0.2) is 9.59 Å². The summed E-state index contributed by atoms with van der Waals surface area (Å²) < 4.78 is 33.9. The molecule has 0 spiro atoms. The molecule has 61 heavy (non-hydrogen) atoms. The second-order valence-electron chi connectivity index (χ2n) is 17.3. The molecule has 0 bridgehead atoms. The number of carbonyl (C=O) groups excluding carboxylic acids is 4. The molecular weight excluding hydrogens is 773 g/mol. The van der Waals surface area contributed by atoms with Crippen LogP contribution in [0, 0.1) is 0 Å². The molecule has 10 heteroatoms. The van der Waals surface area contributed by atoms with Gasteiger partial charge in [-0.2, -0.15) is 0 Å². The van der Waals surface area contributed by atoms with Gasteiger partial charge in [0.2, 0.25) is 0 Å². The Morgan fingerprint density at radius 3 is 1.72 bits per heavy atom. The van der Waals surface area contributed by atoms with Crippen LogP contribution in [-0.4, -0.2) is 61.5 Å². The van der Waals surface area contributed by atoms with Crippen molar-refractivity contribution in [3.8, 4) is 11.5 Å². The molecular formula is C51H78O10. The fraction of sp³-hybridized carbons (Fsp3) is 0.647. The highest BCUT2D eigenvalue weighted by Gasteiger charge is 2.24. The average molecular weight is 851 g/mol. The van der Waals surface area contributed by atoms with Crippen LogP contribution in [0.25, 0.3) is 0 Å². The first-order chi connectivity index (χ1) is 29.3. The number of benzene rings is 2. The molecule has 0 amide bonds. The largest absolute Gasteiger partial charge is 0.494 e. The van der Waals surface area contributed by atoms with E-state index in [1.807, 2.05) is 52.0 Å². The van der Waals surface area contributed by atoms with Crippen LogP contribution in [0.3, 0.4) is 0 Å². The lowest BCUT2D eigenvalue weighted by atomic mass is 9.92. The second-order valence-corrected chi connectivity index (χ2v) is 17.3. The van der Waals surface area contributed by atoms with Gasteiger partial charge in [0.05, 0.1) is 18.8 Å². The fourth-order valence-corrected chi connectivity index (χ4v) is 7.04. The topological polar surface area (TPSA) is 124 Å². The minimum absolute atomic E-state index is 0.127. The molecule has 0 aromatic heterocycles. The predicted octanol–water partition coefficient (Wildman–Crippen LogP) is 12.6. The Kier molecular flexibility index (Phi) is 26.7. The van der Waals surface area contributed by atoms with E-state index >= 15 is 0 Å². The van der Waals surface area contributed by atoms with Crippen molar-refractivity contribution in [3.05, 3.63) is 72.3 Å². The summed E-state index contributed by atoms with van der Waals surface area (Å²) in [5.74, 6) is 0.498. The van der Waals surface area contributed by atoms with Gasteiger partial charge in [-0.1, -0.05) is 64.7 Å². The highest BCUT2D eigenvalue weighted by atomic mass is 16.6. The standard InChI is InChI=1S/C51H78O10/c1-8-11-24-47(53)60-51(6,7)36-19-16-17-25-48(54)61-50(4,5)35-18-12-13-20-37-56-40-34-41(23-9-2)42-26-32-45(33-27-42)59-49(55)43-28-30-44(31-29-43)57-38-21-14-15-22-39-58-46(52)10-3/h10,26-33,41H,3,8-9,11-25,34-40H2,1-2,4-7H3. The van der Waals surface area contributed by atoms with Crippen LogP contribution in [0.5, 0.6) is 11.5 Å². The van der Waals surface area contributed by atoms with E-state index < -0.39 is 23.1 Å². The van der Waals surface area contributed by atoms with Crippen molar-refractivity contribution >= 4 is 23.9 Å². The maximum Gasteiger partial charge on any atom is 0.343 e. The molecule has 0 saturated carbocycles. The minimum Gasteiger partial charge on any atom is -0.494 e. The van der Waals surface area contributed by atoms with Crippen molar-refractivity contribution in [1.82, 2.24) is 0 Å². The Labute approximate surface area is 367 Å². The molecule has 0 aliphatic heterocycles. The number of hydrogen-bond donors (Lipinski definition) is 0. The van der Waals surface area contributed by atoms with Crippen LogP contribution in [0.4, 0.5) is 0 Å². The Morgan fingerprint density at radius 1 is 0.590 bits per heavy atom. The SMILES string of the molecule is C=CC(=O)OCCCCCCOc1ccc(C(=O)Oc2ccc(C(CCC)CCOCCCCCCC(C)(C)OC(=O)CCCCCC(C)(C)OC(=O)CCCC)cc2)cc1. The quantitative estimate of drug-likeness (QED) is 0.0218. The van der Waals surface area contributed by atoms with Crippen molar-refractivity contribution in [3.63, 3.8) is 0 Å². The van der Waals surface area contributed by atoms with Gasteiger partial charge >= 0.3 is 23.9 Å². The number of hydrogen-bond acceptors (Lipinski definition) is 10. The van der Waals surface area contributed by atoms with Crippen molar-refractivity contribution in [2.24, 2.45) is 0 Å². The zero-order valence-electron chi connectivity index (χ0n) is 38.5. The van der Waals surface area contributed by atoms with Crippen LogP contribution < -0.4 is 9.47 Å². The van der Waals surface area contributed by atoms with E-state index in [9.17, 15) is 19.2 Å². The van der Waals surface area contributed by atoms with Gasteiger partial charge in [0, 0.05) is 32.1 Å². The lowest BCUT2D eigenvalue weighted by Crippen LogP contribution is -2.28. The molecule has 10 nitrogen and oxygen atoms in total. The van der Waals surface area contributed by atoms with Crippen molar-refractivity contribution < 1.29 is 47.6 Å². The molecule has 1 atom stereocenters. The Hall–Kier alpha value is -4.18. The van der Waals surface area contributed by atoms with Crippen molar-refractivity contribution in [2.75, 3.05) is 26.4 Å². The summed E-state index contributed by atoms with van der Waals surface area (Å²) in [6, 6.07) is 14.8. The molecule has 2 aromatic carbocycles. The maximum absolute atomic E-state index is 12.8. The van der Waals surface area contributed by atoms with Gasteiger partial charge in [0.25, 0.3) is 0 Å². The minimum atomic E-state index is -0.478. The van der Waals surface area contributed by atoms with E-state index in [1.165, 1.54) is 11.6 Å². The molecule has 2 aromatic rings. The van der Waals surface area contributed by atoms with E-state index in [0.717, 1.165) is 122 Å². The van der Waals surface area contributed by atoms with E-state index in [1.54, 1.807) is 24.3 Å². The normalized spacial score (nSPS) is 12.0. The maximum atomic E-state index is 12.8. The van der Waals surface area contributed by atoms with Gasteiger partial charge in [0.15, 0.2) is 0 Å². The first kappa shape index (κ1) is 53.0. The van der Waals surface area contributed by atoms with E-state index in [2.05, 4.69) is 20.4 Å². The zero-order chi connectivity index (χ0) is 44.8. The third-order valence-corrected chi connectivity index (χ3v) is 10.6. The molecule has 2 rings (SSSR count). The van der Waals surface area contributed by atoms with Gasteiger partial charge in [-0.3, -0.25) is 9.59 Å². The monoisotopic (exact) mass is 851 g/mol. The lowest BCUT2D eigenvalue weighted by Gasteiger charge is -2.26. The molecule has 0 aliphatic rings. The van der Waals surface area contributed by atoms with E-state index in [0.29, 0.717) is 55.6 Å². The Morgan fingerprint density at radius 2 is 1.13 bits per heavy atom. The van der Waals surface area contributed by atoms with Gasteiger partial charge < -0.3 is 28.4 Å². The van der Waals surface area contributed by atoms with E-state index in [-0.39, 0.29) is 11.9 Å². The Bertz CT molecular complexity index is 1530. The Balaban J connectivity index is 1.57. The summed E-state index contributed by atoms with van der Waals surface area (Å²) in [5, 5.41) is 0. The summed E-state index contributed by atoms with van der Waals surface area (Å²) >= 11 is 0. The van der Waals surface area contributed by atoms with Crippen LogP contribution in [0.2, 0.25) is 0 Å². The molecule has 0 fully saturated rings. The van der Waals surface area contributed by atoms with Gasteiger partial charge in [-0.05, 0) is 159 Å². The first-order valence-electron chi connectivity index (χ1n) is 23.1. The van der Waals surface area contributed by atoms with Crippen molar-refractivity contribution in [1.29, 1.82) is 0 Å². The number of rotatable bonds is 35. The van der Waals surface area contributed by atoms with Crippen molar-refractivity contribution in [2.45, 2.75) is 187 Å². The zero-order valence-corrected chi connectivity index (χ0v) is 38.5. The highest BCUT2D eigenvalue weighted by Crippen LogP contribution is 2.28. The van der Waals surface area contributed by atoms with Gasteiger partial charge in [-0.15, -0.1) is 0 Å². The highest BCUT2D eigenvalue weighted by molar-refractivity contribution is 5.91. The summed E-state index contributed by atoms with van der Waals surface area (Å²) in [7, 11) is 0. The molecule has 342 valence electrons. The predicted molar refractivity (Wildman–Crippen MR) is 242 cm³/mol. The van der Waals surface area contributed by atoms with Crippen LogP contribution in [0.15, 0.2) is 61.2 Å². The van der Waals surface area contributed by atoms with E-state index in [4.69, 9.17) is 28.4 Å². The van der Waals surface area contributed by atoms with Crippen LogP contribution >= 0.6 is 0 Å². The molecule has 0 aliphatic carbocycles. The molecule has 1 unspecified atom stereocenters. The number of carbonyl (C=O) groups is 4. The van der Waals surface area contributed by atoms with Crippen LogP contribution in [-0.2, 0) is 33.3 Å². The summed E-state index contributed by atoms with van der Waals surface area (Å²) in [5.41, 5.74) is 0.718. The number of ether oxygens (including phenoxy) is 6. The third kappa shape index (κ3) is 25.4. The second kappa shape index (κ2) is 30.8. The van der Waals surface area contributed by atoms with Crippen LogP contribution in [0.1, 0.15) is 192 Å². The summed E-state index contributed by atoms with van der Waals surface area (Å²) in [6.45, 7) is 17.9. The first-order valence-corrected chi connectivity index (χ1v) is 23.1. The molecule has 0 radical (unpaired) electrons. The summed E-state index contributed by atoms with van der Waals surface area (Å²) in [4.78, 5) is 48.4. The average Bonchev–Trinajstić information content (AvgIpc) is 3.22. The smallest absolute Gasteiger partial charge is 0.343 e. The molecule has 0 N–H and O–H groups in total. The number of unbranched alkanes of at least 4 members (excludes halogenated alkanes) is 9.